The summed E-state index contributed by atoms with van der Waals surface area (Å²) in [6, 6.07) is 0. The topological polar surface area (TPSA) is 84.2 Å². The van der Waals surface area contributed by atoms with Gasteiger partial charge in [0.05, 0.1) is 17.8 Å². The first-order valence-electron chi connectivity index (χ1n) is 8.75. The highest BCUT2D eigenvalue weighted by molar-refractivity contribution is 5.79. The van der Waals surface area contributed by atoms with Crippen LogP contribution in [-0.2, 0) is 17.6 Å². The van der Waals surface area contributed by atoms with Gasteiger partial charge in [-0.3, -0.25) is 9.78 Å². The first kappa shape index (κ1) is 17.4. The Hall–Kier alpha value is -2.44. The molecule has 134 valence electrons. The van der Waals surface area contributed by atoms with Crippen LogP contribution >= 0.6 is 0 Å². The van der Waals surface area contributed by atoms with Crippen molar-refractivity contribution in [3.05, 3.63) is 35.1 Å². The summed E-state index contributed by atoms with van der Waals surface area (Å²) >= 11 is 0. The summed E-state index contributed by atoms with van der Waals surface area (Å²) in [6.45, 7) is 5.32. The molecule has 3 heterocycles. The van der Waals surface area contributed by atoms with Crippen LogP contribution in [0.1, 0.15) is 35.6 Å². The van der Waals surface area contributed by atoms with Gasteiger partial charge in [0.15, 0.2) is 0 Å². The molecular weight excluding hydrogens is 318 g/mol. The molecule has 0 spiro atoms. The maximum Gasteiger partial charge on any atom is 0.227 e. The summed E-state index contributed by atoms with van der Waals surface area (Å²) in [7, 11) is 1.85. The van der Waals surface area contributed by atoms with E-state index in [9.17, 15) is 4.79 Å². The standard InChI is InChI=1S/C18H25N5O2/c1-12-15(13(2)25-22-12)10-17(24)23-8-4-5-14(11-23)9-16-18(19-3)21-7-6-20-16/h6-7,14H,4-5,8-11H2,1-3H3,(H,19,21)/t14-/m0/s1. The fourth-order valence-electron chi connectivity index (χ4n) is 3.47. The maximum atomic E-state index is 12.7. The SMILES string of the molecule is CNc1nccnc1C[C@@H]1CCCN(C(=O)Cc2c(C)noc2C)C1. The van der Waals surface area contributed by atoms with E-state index >= 15 is 0 Å². The number of likely N-dealkylation sites (tertiary alicyclic amines) is 1. The van der Waals surface area contributed by atoms with E-state index in [2.05, 4.69) is 20.4 Å². The Morgan fingerprint density at radius 3 is 2.88 bits per heavy atom. The van der Waals surface area contributed by atoms with E-state index in [4.69, 9.17) is 4.52 Å². The number of nitrogens with one attached hydrogen (secondary N) is 1. The number of anilines is 1. The summed E-state index contributed by atoms with van der Waals surface area (Å²) in [4.78, 5) is 23.4. The lowest BCUT2D eigenvalue weighted by atomic mass is 9.92. The molecule has 1 saturated heterocycles. The van der Waals surface area contributed by atoms with Gasteiger partial charge in [-0.05, 0) is 39.0 Å². The first-order valence-corrected chi connectivity index (χ1v) is 8.75. The number of aryl methyl sites for hydroxylation is 2. The van der Waals surface area contributed by atoms with Crippen LogP contribution < -0.4 is 5.32 Å². The van der Waals surface area contributed by atoms with Gasteiger partial charge in [0.25, 0.3) is 0 Å². The molecule has 1 aliphatic heterocycles. The largest absolute Gasteiger partial charge is 0.372 e. The molecule has 3 rings (SSSR count). The molecule has 0 bridgehead atoms. The third-order valence-corrected chi connectivity index (χ3v) is 4.87. The second-order valence-corrected chi connectivity index (χ2v) is 6.63. The minimum atomic E-state index is 0.145. The molecular formula is C18H25N5O2. The highest BCUT2D eigenvalue weighted by Crippen LogP contribution is 2.23. The summed E-state index contributed by atoms with van der Waals surface area (Å²) < 4.78 is 5.17. The zero-order valence-corrected chi connectivity index (χ0v) is 15.1. The van der Waals surface area contributed by atoms with Gasteiger partial charge in [-0.1, -0.05) is 5.16 Å². The summed E-state index contributed by atoms with van der Waals surface area (Å²) in [6.07, 6.45) is 6.73. The van der Waals surface area contributed by atoms with E-state index in [1.165, 1.54) is 0 Å². The van der Waals surface area contributed by atoms with Crippen molar-refractivity contribution in [2.24, 2.45) is 5.92 Å². The van der Waals surface area contributed by atoms with Gasteiger partial charge in [-0.2, -0.15) is 0 Å². The predicted molar refractivity (Wildman–Crippen MR) is 94.3 cm³/mol. The molecule has 1 aliphatic rings. The third kappa shape index (κ3) is 3.97. The Bertz CT molecular complexity index is 723. The number of aromatic nitrogens is 3. The molecule has 1 N–H and O–H groups in total. The average Bonchev–Trinajstić information content (AvgIpc) is 2.94. The molecule has 2 aromatic heterocycles. The number of carbonyl (C=O) groups excluding carboxylic acids is 1. The summed E-state index contributed by atoms with van der Waals surface area (Å²) in [5.74, 6) is 2.11. The molecule has 0 aromatic carbocycles. The number of hydrogen-bond donors (Lipinski definition) is 1. The van der Waals surface area contributed by atoms with Gasteiger partial charge in [0, 0.05) is 38.1 Å². The van der Waals surface area contributed by atoms with E-state index < -0.39 is 0 Å². The van der Waals surface area contributed by atoms with Crippen molar-refractivity contribution in [3.8, 4) is 0 Å². The fraction of sp³-hybridized carbons (Fsp3) is 0.556. The highest BCUT2D eigenvalue weighted by Gasteiger charge is 2.26. The Morgan fingerprint density at radius 2 is 2.16 bits per heavy atom. The molecule has 1 fully saturated rings. The quantitative estimate of drug-likeness (QED) is 0.895. The van der Waals surface area contributed by atoms with E-state index in [1.54, 1.807) is 12.4 Å². The monoisotopic (exact) mass is 343 g/mol. The van der Waals surface area contributed by atoms with Gasteiger partial charge < -0.3 is 14.7 Å². The van der Waals surface area contributed by atoms with Crippen LogP contribution in [0.2, 0.25) is 0 Å². The molecule has 0 saturated carbocycles. The van der Waals surface area contributed by atoms with Crippen LogP contribution in [0.3, 0.4) is 0 Å². The van der Waals surface area contributed by atoms with Crippen LogP contribution in [0.5, 0.6) is 0 Å². The molecule has 0 aliphatic carbocycles. The zero-order valence-electron chi connectivity index (χ0n) is 15.1. The van der Waals surface area contributed by atoms with Gasteiger partial charge in [-0.25, -0.2) is 4.98 Å². The van der Waals surface area contributed by atoms with Crippen molar-refractivity contribution in [1.29, 1.82) is 0 Å². The van der Waals surface area contributed by atoms with Crippen LogP contribution in [0.15, 0.2) is 16.9 Å². The fourth-order valence-corrected chi connectivity index (χ4v) is 3.47. The number of rotatable bonds is 5. The molecule has 1 amide bonds. The Kier molecular flexibility index (Phi) is 5.31. The van der Waals surface area contributed by atoms with Crippen LogP contribution in [-0.4, -0.2) is 46.1 Å². The number of piperidine rings is 1. The normalized spacial score (nSPS) is 17.6. The maximum absolute atomic E-state index is 12.7. The van der Waals surface area contributed by atoms with Crippen LogP contribution in [0, 0.1) is 19.8 Å². The second kappa shape index (κ2) is 7.63. The third-order valence-electron chi connectivity index (χ3n) is 4.87. The molecule has 2 aromatic rings. The number of hydrogen-bond acceptors (Lipinski definition) is 6. The molecule has 7 heteroatoms. The smallest absolute Gasteiger partial charge is 0.227 e. The highest BCUT2D eigenvalue weighted by atomic mass is 16.5. The predicted octanol–water partition coefficient (Wildman–Crippen LogP) is 2.15. The lowest BCUT2D eigenvalue weighted by Gasteiger charge is -2.33. The Labute approximate surface area is 147 Å². The zero-order chi connectivity index (χ0) is 17.8. The lowest BCUT2D eigenvalue weighted by Crippen LogP contribution is -2.41. The summed E-state index contributed by atoms with van der Waals surface area (Å²) in [5, 5.41) is 7.03. The van der Waals surface area contributed by atoms with Gasteiger partial charge >= 0.3 is 0 Å². The molecule has 0 unspecified atom stereocenters. The molecule has 25 heavy (non-hydrogen) atoms. The number of amides is 1. The van der Waals surface area contributed by atoms with Crippen molar-refractivity contribution in [2.45, 2.75) is 39.5 Å². The Morgan fingerprint density at radius 1 is 1.36 bits per heavy atom. The van der Waals surface area contributed by atoms with Crippen molar-refractivity contribution in [2.75, 3.05) is 25.5 Å². The van der Waals surface area contributed by atoms with Crippen molar-refractivity contribution in [1.82, 2.24) is 20.0 Å². The van der Waals surface area contributed by atoms with Crippen molar-refractivity contribution >= 4 is 11.7 Å². The molecule has 7 nitrogen and oxygen atoms in total. The van der Waals surface area contributed by atoms with E-state index in [-0.39, 0.29) is 5.91 Å². The van der Waals surface area contributed by atoms with Gasteiger partial charge in [0.2, 0.25) is 5.91 Å². The minimum absolute atomic E-state index is 0.145. The molecule has 0 radical (unpaired) electrons. The van der Waals surface area contributed by atoms with Gasteiger partial charge in [-0.15, -0.1) is 0 Å². The Balaban J connectivity index is 1.63. The van der Waals surface area contributed by atoms with Crippen LogP contribution in [0.4, 0.5) is 5.82 Å². The van der Waals surface area contributed by atoms with E-state index in [1.807, 2.05) is 25.8 Å². The molecule has 1 atom stereocenters. The summed E-state index contributed by atoms with van der Waals surface area (Å²) in [5.41, 5.74) is 2.69. The van der Waals surface area contributed by atoms with Crippen molar-refractivity contribution < 1.29 is 9.32 Å². The van der Waals surface area contributed by atoms with Crippen molar-refractivity contribution in [3.63, 3.8) is 0 Å². The first-order chi connectivity index (χ1) is 12.1. The minimum Gasteiger partial charge on any atom is -0.372 e. The lowest BCUT2D eigenvalue weighted by molar-refractivity contribution is -0.132. The average molecular weight is 343 g/mol. The van der Waals surface area contributed by atoms with E-state index in [0.29, 0.717) is 12.3 Å². The number of nitrogens with zero attached hydrogens (tertiary/aromatic N) is 4. The van der Waals surface area contributed by atoms with E-state index in [0.717, 1.165) is 60.9 Å². The van der Waals surface area contributed by atoms with Crippen LogP contribution in [0.25, 0.3) is 0 Å². The number of carbonyl (C=O) groups is 1. The van der Waals surface area contributed by atoms with Gasteiger partial charge in [0.1, 0.15) is 11.6 Å². The second-order valence-electron chi connectivity index (χ2n) is 6.63.